The van der Waals surface area contributed by atoms with Crippen LogP contribution in [0.15, 0.2) is 18.2 Å². The van der Waals surface area contributed by atoms with Crippen molar-refractivity contribution in [2.24, 2.45) is 11.7 Å². The van der Waals surface area contributed by atoms with Gasteiger partial charge in [-0.1, -0.05) is 19.1 Å². The van der Waals surface area contributed by atoms with Gasteiger partial charge in [-0.25, -0.2) is 0 Å². The summed E-state index contributed by atoms with van der Waals surface area (Å²) in [4.78, 5) is 12.6. The van der Waals surface area contributed by atoms with Gasteiger partial charge in [0.15, 0.2) is 0 Å². The van der Waals surface area contributed by atoms with Crippen LogP contribution in [-0.4, -0.2) is 26.6 Å². The number of carbonyl (C=O) groups is 1. The second kappa shape index (κ2) is 5.89. The fourth-order valence-electron chi connectivity index (χ4n) is 2.68. The van der Waals surface area contributed by atoms with Crippen LogP contribution in [0.4, 0.5) is 0 Å². The molecule has 0 spiro atoms. The second-order valence-corrected chi connectivity index (χ2v) is 6.22. The van der Waals surface area contributed by atoms with E-state index in [1.54, 1.807) is 0 Å². The van der Waals surface area contributed by atoms with Crippen LogP contribution in [-0.2, 0) is 0 Å². The molecule has 1 aromatic rings. The number of phenolic OH excluding ortho intramolecular Hbond substituents is 2. The van der Waals surface area contributed by atoms with Crippen LogP contribution < -0.4 is 11.1 Å². The van der Waals surface area contributed by atoms with Crippen molar-refractivity contribution in [1.82, 2.24) is 5.32 Å². The van der Waals surface area contributed by atoms with E-state index < -0.39 is 11.4 Å². The highest BCUT2D eigenvalue weighted by Gasteiger charge is 2.38. The first-order valence-corrected chi connectivity index (χ1v) is 7.39. The zero-order valence-electron chi connectivity index (χ0n) is 11.9. The Kier molecular flexibility index (Phi) is 4.37. The molecule has 0 saturated heterocycles. The molecule has 0 aromatic heterocycles. The Labute approximate surface area is 129 Å². The number of nitrogens with two attached hydrogens (primary N) is 1. The largest absolute Gasteiger partial charge is 0.508 e. The number of carbonyl (C=O) groups excluding carboxylic acids is 1. The Morgan fingerprint density at radius 2 is 2.00 bits per heavy atom. The van der Waals surface area contributed by atoms with Crippen LogP contribution in [0, 0.1) is 5.92 Å². The predicted octanol–water partition coefficient (Wildman–Crippen LogP) is 2.06. The van der Waals surface area contributed by atoms with E-state index in [-0.39, 0.29) is 22.1 Å². The van der Waals surface area contributed by atoms with Crippen LogP contribution >= 0.6 is 12.2 Å². The number of hydrogen-bond donors (Lipinski definition) is 4. The lowest BCUT2D eigenvalue weighted by Crippen LogP contribution is -2.58. The predicted molar refractivity (Wildman–Crippen MR) is 84.4 cm³/mol. The number of rotatable bonds is 3. The van der Waals surface area contributed by atoms with E-state index in [1.807, 2.05) is 0 Å². The molecule has 0 unspecified atom stereocenters. The van der Waals surface area contributed by atoms with Gasteiger partial charge in [0.25, 0.3) is 5.91 Å². The topological polar surface area (TPSA) is 95.6 Å². The van der Waals surface area contributed by atoms with Gasteiger partial charge < -0.3 is 21.3 Å². The van der Waals surface area contributed by atoms with Crippen LogP contribution in [0.1, 0.15) is 43.0 Å². The smallest absolute Gasteiger partial charge is 0.255 e. The average molecular weight is 308 g/mol. The molecule has 0 atom stereocenters. The van der Waals surface area contributed by atoms with Gasteiger partial charge in [-0.15, -0.1) is 0 Å². The maximum Gasteiger partial charge on any atom is 0.255 e. The van der Waals surface area contributed by atoms with Crippen LogP contribution in [0.3, 0.4) is 0 Å². The van der Waals surface area contributed by atoms with E-state index in [0.29, 0.717) is 18.8 Å². The van der Waals surface area contributed by atoms with E-state index in [4.69, 9.17) is 18.0 Å². The summed E-state index contributed by atoms with van der Waals surface area (Å²) < 4.78 is 0. The Hall–Kier alpha value is -1.82. The molecule has 1 amide bonds. The summed E-state index contributed by atoms with van der Waals surface area (Å²) in [6.07, 6.45) is 3.29. The summed E-state index contributed by atoms with van der Waals surface area (Å²) >= 11 is 5.15. The molecule has 114 valence electrons. The zero-order chi connectivity index (χ0) is 15.6. The molecule has 5 N–H and O–H groups in total. The number of nitrogens with one attached hydrogen (secondary N) is 1. The molecular weight excluding hydrogens is 288 g/mol. The van der Waals surface area contributed by atoms with Gasteiger partial charge in [0.2, 0.25) is 0 Å². The Morgan fingerprint density at radius 1 is 1.38 bits per heavy atom. The molecule has 0 aliphatic heterocycles. The third kappa shape index (κ3) is 3.26. The van der Waals surface area contributed by atoms with Crippen molar-refractivity contribution in [1.29, 1.82) is 0 Å². The summed E-state index contributed by atoms with van der Waals surface area (Å²) in [5, 5.41) is 21.9. The minimum Gasteiger partial charge on any atom is -0.508 e. The van der Waals surface area contributed by atoms with Gasteiger partial charge in [-0.3, -0.25) is 4.79 Å². The highest BCUT2D eigenvalue weighted by molar-refractivity contribution is 7.80. The van der Waals surface area contributed by atoms with Crippen molar-refractivity contribution in [2.45, 2.75) is 38.1 Å². The SMILES string of the molecule is CC1CCC(NC(=O)c2ccc(O)cc2O)(C(N)=S)CC1. The summed E-state index contributed by atoms with van der Waals surface area (Å²) in [5.74, 6) is -0.212. The maximum absolute atomic E-state index is 12.4. The summed E-state index contributed by atoms with van der Waals surface area (Å²) in [5.41, 5.74) is 5.26. The quantitative estimate of drug-likeness (QED) is 0.641. The van der Waals surface area contributed by atoms with Crippen LogP contribution in [0.2, 0.25) is 0 Å². The standard InChI is InChI=1S/C15H20N2O3S/c1-9-4-6-15(7-5-9,14(16)21)17-13(20)11-3-2-10(18)8-12(11)19/h2-3,8-9,18-19H,4-7H2,1H3,(H2,16,21)(H,17,20). The Morgan fingerprint density at radius 3 is 2.52 bits per heavy atom. The molecule has 1 aliphatic carbocycles. The minimum absolute atomic E-state index is 0.0976. The van der Waals surface area contributed by atoms with Crippen molar-refractivity contribution < 1.29 is 15.0 Å². The lowest BCUT2D eigenvalue weighted by molar-refractivity contribution is 0.0898. The lowest BCUT2D eigenvalue weighted by Gasteiger charge is -2.39. The minimum atomic E-state index is -0.691. The number of phenols is 2. The molecule has 0 heterocycles. The van der Waals surface area contributed by atoms with Gasteiger partial charge in [-0.2, -0.15) is 0 Å². The molecule has 1 saturated carbocycles. The van der Waals surface area contributed by atoms with Gasteiger partial charge in [0, 0.05) is 6.07 Å². The number of aromatic hydroxyl groups is 2. The lowest BCUT2D eigenvalue weighted by atomic mass is 9.77. The van der Waals surface area contributed by atoms with Gasteiger partial charge in [-0.05, 0) is 43.7 Å². The normalized spacial score (nSPS) is 25.3. The second-order valence-electron chi connectivity index (χ2n) is 5.78. The van der Waals surface area contributed by atoms with Crippen molar-refractivity contribution in [2.75, 3.05) is 0 Å². The molecular formula is C15H20N2O3S. The zero-order valence-corrected chi connectivity index (χ0v) is 12.7. The van der Waals surface area contributed by atoms with Gasteiger partial charge >= 0.3 is 0 Å². The van der Waals surface area contributed by atoms with Crippen LogP contribution in [0.25, 0.3) is 0 Å². The third-order valence-electron chi connectivity index (χ3n) is 4.18. The van der Waals surface area contributed by atoms with Crippen molar-refractivity contribution in [3.63, 3.8) is 0 Å². The van der Waals surface area contributed by atoms with E-state index in [2.05, 4.69) is 12.2 Å². The molecule has 1 fully saturated rings. The number of hydrogen-bond acceptors (Lipinski definition) is 4. The highest BCUT2D eigenvalue weighted by Crippen LogP contribution is 2.33. The average Bonchev–Trinajstić information content (AvgIpc) is 2.41. The van der Waals surface area contributed by atoms with Crippen molar-refractivity contribution >= 4 is 23.1 Å². The number of thiocarbonyl (C=S) groups is 1. The molecule has 1 aromatic carbocycles. The van der Waals surface area contributed by atoms with Gasteiger partial charge in [0.1, 0.15) is 11.5 Å². The summed E-state index contributed by atoms with van der Waals surface area (Å²) in [7, 11) is 0. The molecule has 1 aliphatic rings. The fraction of sp³-hybridized carbons (Fsp3) is 0.467. The van der Waals surface area contributed by atoms with Gasteiger partial charge in [0.05, 0.1) is 16.1 Å². The maximum atomic E-state index is 12.4. The molecule has 5 nitrogen and oxygen atoms in total. The first-order chi connectivity index (χ1) is 9.84. The first-order valence-electron chi connectivity index (χ1n) is 6.98. The van der Waals surface area contributed by atoms with Crippen LogP contribution in [0.5, 0.6) is 11.5 Å². The van der Waals surface area contributed by atoms with E-state index in [1.165, 1.54) is 12.1 Å². The monoisotopic (exact) mass is 308 g/mol. The molecule has 0 bridgehead atoms. The van der Waals surface area contributed by atoms with E-state index >= 15 is 0 Å². The van der Waals surface area contributed by atoms with Crippen molar-refractivity contribution in [3.8, 4) is 11.5 Å². The molecule has 2 rings (SSSR count). The van der Waals surface area contributed by atoms with Crippen molar-refractivity contribution in [3.05, 3.63) is 23.8 Å². The summed E-state index contributed by atoms with van der Waals surface area (Å²) in [6, 6.07) is 3.86. The first kappa shape index (κ1) is 15.6. The van der Waals surface area contributed by atoms with E-state index in [0.717, 1.165) is 18.9 Å². The Bertz CT molecular complexity index is 566. The Balaban J connectivity index is 2.21. The number of benzene rings is 1. The fourth-order valence-corrected chi connectivity index (χ4v) is 2.94. The molecule has 21 heavy (non-hydrogen) atoms. The summed E-state index contributed by atoms with van der Waals surface area (Å²) in [6.45, 7) is 2.16. The third-order valence-corrected chi connectivity index (χ3v) is 4.57. The van der Waals surface area contributed by atoms with E-state index in [9.17, 15) is 15.0 Å². The highest BCUT2D eigenvalue weighted by atomic mass is 32.1. The molecule has 6 heteroatoms. The molecule has 0 radical (unpaired) electrons. The number of amides is 1.